The predicted octanol–water partition coefficient (Wildman–Crippen LogP) is 5.42. The number of rotatable bonds is 9. The number of halogens is 1. The summed E-state index contributed by atoms with van der Waals surface area (Å²) >= 11 is 2.98. The molecule has 0 aliphatic carbocycles. The average molecular weight is 479 g/mol. The third-order valence-electron chi connectivity index (χ3n) is 5.04. The van der Waals surface area contributed by atoms with Crippen LogP contribution in [0.2, 0.25) is 0 Å². The zero-order valence-corrected chi connectivity index (χ0v) is 19.7. The Bertz CT molecular complexity index is 1220. The van der Waals surface area contributed by atoms with Gasteiger partial charge in [0.25, 0.3) is 0 Å². The molecule has 0 saturated heterocycles. The molecule has 1 unspecified atom stereocenters. The highest BCUT2D eigenvalue weighted by Crippen LogP contribution is 2.25. The highest BCUT2D eigenvalue weighted by molar-refractivity contribution is 7.98. The molecule has 0 aliphatic rings. The molecular formula is C25H23FN4OS2. The number of thioether (sulfide) groups is 1. The molecule has 2 aromatic heterocycles. The molecule has 0 aliphatic heterocycles. The maximum Gasteiger partial charge on any atom is 0.244 e. The van der Waals surface area contributed by atoms with E-state index >= 15 is 0 Å². The maximum atomic E-state index is 14.0. The second kappa shape index (κ2) is 11.1. The van der Waals surface area contributed by atoms with Crippen LogP contribution in [0, 0.1) is 5.82 Å². The first-order valence-electron chi connectivity index (χ1n) is 10.4. The minimum atomic E-state index is -0.367. The van der Waals surface area contributed by atoms with Gasteiger partial charge in [0.05, 0.1) is 6.04 Å². The number of amides is 1. The van der Waals surface area contributed by atoms with Crippen LogP contribution < -0.4 is 5.32 Å². The molecule has 4 rings (SSSR count). The summed E-state index contributed by atoms with van der Waals surface area (Å²) in [5.74, 6) is 0.651. The van der Waals surface area contributed by atoms with E-state index in [1.807, 2.05) is 65.5 Å². The number of benzene rings is 2. The quantitative estimate of drug-likeness (QED) is 0.258. The number of nitrogens with one attached hydrogen (secondary N) is 1. The van der Waals surface area contributed by atoms with Gasteiger partial charge in [-0.1, -0.05) is 66.4 Å². The van der Waals surface area contributed by atoms with Crippen molar-refractivity contribution >= 4 is 35.1 Å². The minimum absolute atomic E-state index is 0.201. The summed E-state index contributed by atoms with van der Waals surface area (Å²) < 4.78 is 15.8. The molecule has 168 valence electrons. The molecule has 0 fully saturated rings. The van der Waals surface area contributed by atoms with E-state index in [2.05, 4.69) is 15.5 Å². The number of hydrogen-bond acceptors (Lipinski definition) is 5. The van der Waals surface area contributed by atoms with E-state index in [9.17, 15) is 9.18 Å². The number of hydrogen-bond donors (Lipinski definition) is 1. The van der Waals surface area contributed by atoms with Gasteiger partial charge in [0.2, 0.25) is 5.91 Å². The number of carbonyl (C=O) groups is 1. The van der Waals surface area contributed by atoms with Crippen LogP contribution in [0.25, 0.3) is 6.08 Å². The smallest absolute Gasteiger partial charge is 0.244 e. The Hall–Kier alpha value is -3.23. The lowest BCUT2D eigenvalue weighted by Gasteiger charge is -2.17. The summed E-state index contributed by atoms with van der Waals surface area (Å²) in [7, 11) is 1.87. The van der Waals surface area contributed by atoms with Gasteiger partial charge in [0.15, 0.2) is 11.0 Å². The highest BCUT2D eigenvalue weighted by Gasteiger charge is 2.22. The Morgan fingerprint density at radius 2 is 1.91 bits per heavy atom. The zero-order valence-electron chi connectivity index (χ0n) is 18.0. The minimum Gasteiger partial charge on any atom is -0.342 e. The van der Waals surface area contributed by atoms with E-state index in [1.54, 1.807) is 29.5 Å². The number of carbonyl (C=O) groups excluding carboxylic acids is 1. The van der Waals surface area contributed by atoms with E-state index in [0.29, 0.717) is 28.7 Å². The van der Waals surface area contributed by atoms with Crippen molar-refractivity contribution in [3.05, 3.63) is 106 Å². The topological polar surface area (TPSA) is 59.8 Å². The molecule has 1 N–H and O–H groups in total. The molecule has 2 heterocycles. The molecule has 2 aromatic carbocycles. The monoisotopic (exact) mass is 478 g/mol. The first-order valence-corrected chi connectivity index (χ1v) is 12.3. The molecule has 0 radical (unpaired) electrons. The van der Waals surface area contributed by atoms with Gasteiger partial charge in [0, 0.05) is 23.8 Å². The Kier molecular flexibility index (Phi) is 7.70. The predicted molar refractivity (Wildman–Crippen MR) is 131 cm³/mol. The van der Waals surface area contributed by atoms with Gasteiger partial charge in [-0.15, -0.1) is 21.5 Å². The average Bonchev–Trinajstić information content (AvgIpc) is 3.47. The summed E-state index contributed by atoms with van der Waals surface area (Å²) in [6.45, 7) is 0. The van der Waals surface area contributed by atoms with Crippen LogP contribution in [0.1, 0.15) is 27.9 Å². The number of aromatic nitrogens is 3. The lowest BCUT2D eigenvalue weighted by atomic mass is 10.1. The van der Waals surface area contributed by atoms with Crippen LogP contribution >= 0.6 is 23.1 Å². The largest absolute Gasteiger partial charge is 0.342 e. The van der Waals surface area contributed by atoms with Crippen LogP contribution in [0.15, 0.2) is 83.3 Å². The fourth-order valence-electron chi connectivity index (χ4n) is 3.33. The summed E-state index contributed by atoms with van der Waals surface area (Å²) in [5.41, 5.74) is 1.69. The summed E-state index contributed by atoms with van der Waals surface area (Å²) in [5, 5.41) is 14.4. The SMILES string of the molecule is Cn1c(SCc2ccccc2F)nnc1C(Cc1ccccc1)NC(=O)C=Cc1cccs1. The van der Waals surface area contributed by atoms with E-state index in [0.717, 1.165) is 10.4 Å². The number of nitrogens with zero attached hydrogens (tertiary/aromatic N) is 3. The van der Waals surface area contributed by atoms with Crippen molar-refractivity contribution in [3.8, 4) is 0 Å². The van der Waals surface area contributed by atoms with Crippen molar-refractivity contribution in [1.29, 1.82) is 0 Å². The molecule has 4 aromatic rings. The molecule has 0 saturated carbocycles. The van der Waals surface area contributed by atoms with Gasteiger partial charge in [-0.25, -0.2) is 4.39 Å². The lowest BCUT2D eigenvalue weighted by molar-refractivity contribution is -0.117. The molecule has 33 heavy (non-hydrogen) atoms. The zero-order chi connectivity index (χ0) is 23.0. The van der Waals surface area contributed by atoms with E-state index in [-0.39, 0.29) is 17.8 Å². The molecular weight excluding hydrogens is 455 g/mol. The normalized spacial score (nSPS) is 12.2. The Labute approximate surface area is 200 Å². The summed E-state index contributed by atoms with van der Waals surface area (Å²) in [4.78, 5) is 13.7. The fraction of sp³-hybridized carbons (Fsp3) is 0.160. The Balaban J connectivity index is 1.52. The van der Waals surface area contributed by atoms with Crippen molar-refractivity contribution in [3.63, 3.8) is 0 Å². The van der Waals surface area contributed by atoms with E-state index in [4.69, 9.17) is 0 Å². The van der Waals surface area contributed by atoms with Crippen LogP contribution in [-0.4, -0.2) is 20.7 Å². The van der Waals surface area contributed by atoms with Gasteiger partial charge in [0.1, 0.15) is 5.82 Å². The molecule has 0 spiro atoms. The van der Waals surface area contributed by atoms with E-state index in [1.165, 1.54) is 23.9 Å². The highest BCUT2D eigenvalue weighted by atomic mass is 32.2. The fourth-order valence-corrected chi connectivity index (χ4v) is 4.86. The van der Waals surface area contributed by atoms with Crippen molar-refractivity contribution < 1.29 is 9.18 Å². The van der Waals surface area contributed by atoms with Gasteiger partial charge in [-0.3, -0.25) is 4.79 Å². The molecule has 8 heteroatoms. The first kappa shape index (κ1) is 22.9. The standard InChI is InChI=1S/C25H23FN4OS2/c1-30-24(28-29-25(30)33-17-19-10-5-6-12-21(19)26)22(16-18-8-3-2-4-9-18)27-23(31)14-13-20-11-7-15-32-20/h2-15,22H,16-17H2,1H3,(H,27,31). The van der Waals surface area contributed by atoms with Gasteiger partial charge in [-0.05, 0) is 41.1 Å². The van der Waals surface area contributed by atoms with Crippen LogP contribution in [0.5, 0.6) is 0 Å². The molecule has 0 bridgehead atoms. The van der Waals surface area contributed by atoms with E-state index < -0.39 is 0 Å². The summed E-state index contributed by atoms with van der Waals surface area (Å²) in [6.07, 6.45) is 3.91. The Morgan fingerprint density at radius 3 is 2.67 bits per heavy atom. The van der Waals surface area contributed by atoms with Crippen LogP contribution in [-0.2, 0) is 24.0 Å². The van der Waals surface area contributed by atoms with Crippen molar-refractivity contribution in [1.82, 2.24) is 20.1 Å². The molecule has 1 atom stereocenters. The summed E-state index contributed by atoms with van der Waals surface area (Å²) in [6, 6.07) is 20.2. The second-order valence-electron chi connectivity index (χ2n) is 7.38. The second-order valence-corrected chi connectivity index (χ2v) is 9.30. The van der Waals surface area contributed by atoms with Gasteiger partial charge in [-0.2, -0.15) is 0 Å². The first-order chi connectivity index (χ1) is 16.1. The number of thiophene rings is 1. The maximum absolute atomic E-state index is 14.0. The lowest BCUT2D eigenvalue weighted by Crippen LogP contribution is -2.30. The molecule has 1 amide bonds. The van der Waals surface area contributed by atoms with Crippen molar-refractivity contribution in [2.24, 2.45) is 7.05 Å². The van der Waals surface area contributed by atoms with Crippen molar-refractivity contribution in [2.45, 2.75) is 23.4 Å². The molecule has 5 nitrogen and oxygen atoms in total. The van der Waals surface area contributed by atoms with Crippen molar-refractivity contribution in [2.75, 3.05) is 0 Å². The van der Waals surface area contributed by atoms with Crippen LogP contribution in [0.3, 0.4) is 0 Å². The Morgan fingerprint density at radius 1 is 1.12 bits per heavy atom. The third kappa shape index (κ3) is 6.18. The van der Waals surface area contributed by atoms with Crippen LogP contribution in [0.4, 0.5) is 4.39 Å². The van der Waals surface area contributed by atoms with Gasteiger partial charge < -0.3 is 9.88 Å². The van der Waals surface area contributed by atoms with Gasteiger partial charge >= 0.3 is 0 Å². The third-order valence-corrected chi connectivity index (χ3v) is 6.94.